The first-order valence-electron chi connectivity index (χ1n) is 7.48. The highest BCUT2D eigenvalue weighted by Crippen LogP contribution is 2.34. The summed E-state index contributed by atoms with van der Waals surface area (Å²) in [4.78, 5) is 31.1. The van der Waals surface area contributed by atoms with Crippen LogP contribution in [0.5, 0.6) is 0 Å². The summed E-state index contributed by atoms with van der Waals surface area (Å²) in [7, 11) is 0. The molecular weight excluding hydrogens is 312 g/mol. The molecule has 1 fully saturated rings. The number of thiazole rings is 1. The molecule has 1 aromatic heterocycles. The summed E-state index contributed by atoms with van der Waals surface area (Å²) in [6.45, 7) is 4.38. The molecule has 2 unspecified atom stereocenters. The molecule has 1 aliphatic heterocycles. The summed E-state index contributed by atoms with van der Waals surface area (Å²) in [5, 5.41) is 10.4. The van der Waals surface area contributed by atoms with E-state index >= 15 is 0 Å². The summed E-state index contributed by atoms with van der Waals surface area (Å²) < 4.78 is 0. The Morgan fingerprint density at radius 1 is 1.22 bits per heavy atom. The van der Waals surface area contributed by atoms with Crippen LogP contribution in [-0.4, -0.2) is 40.0 Å². The number of amides is 1. The molecule has 0 bridgehead atoms. The summed E-state index contributed by atoms with van der Waals surface area (Å²) in [5.74, 6) is -1.80. The van der Waals surface area contributed by atoms with Crippen LogP contribution in [0.1, 0.15) is 31.9 Å². The molecule has 2 atom stereocenters. The van der Waals surface area contributed by atoms with Gasteiger partial charge in [0.05, 0.1) is 10.9 Å². The molecule has 120 valence electrons. The number of carboxylic acid groups (broad SMARTS) is 1. The standard InChI is InChI=1S/C17H18N2O3S/c1-10-15(18-11(2)23-10)16(20)19-8-13(14(9-19)17(21)22)12-6-4-3-5-7-12/h3-7,13-14H,8-9H2,1-2H3,(H,21,22). The SMILES string of the molecule is Cc1nc(C(=O)N2CC(C(=O)O)C(c3ccccc3)C2)c(C)s1. The number of benzene rings is 1. The Hall–Kier alpha value is -2.21. The number of nitrogens with zero attached hydrogens (tertiary/aromatic N) is 2. The second kappa shape index (κ2) is 6.12. The third kappa shape index (κ3) is 2.99. The predicted octanol–water partition coefficient (Wildman–Crippen LogP) is 2.70. The molecule has 1 N–H and O–H groups in total. The second-order valence-electron chi connectivity index (χ2n) is 5.81. The average Bonchev–Trinajstić information content (AvgIpc) is 3.11. The van der Waals surface area contributed by atoms with Crippen LogP contribution in [0.25, 0.3) is 0 Å². The smallest absolute Gasteiger partial charge is 0.308 e. The number of aromatic nitrogens is 1. The van der Waals surface area contributed by atoms with E-state index in [1.165, 1.54) is 11.3 Å². The van der Waals surface area contributed by atoms with Crippen molar-refractivity contribution in [3.8, 4) is 0 Å². The molecule has 0 spiro atoms. The molecule has 6 heteroatoms. The number of carbonyl (C=O) groups is 2. The summed E-state index contributed by atoms with van der Waals surface area (Å²) in [6, 6.07) is 9.54. The molecule has 1 aromatic carbocycles. The Labute approximate surface area is 138 Å². The first-order chi connectivity index (χ1) is 11.0. The van der Waals surface area contributed by atoms with Gasteiger partial charge in [0, 0.05) is 23.9 Å². The lowest BCUT2D eigenvalue weighted by molar-refractivity contribution is -0.141. The molecule has 0 radical (unpaired) electrons. The molecule has 5 nitrogen and oxygen atoms in total. The fourth-order valence-corrected chi connectivity index (χ4v) is 3.94. The molecule has 2 aromatic rings. The van der Waals surface area contributed by atoms with Gasteiger partial charge in [-0.3, -0.25) is 9.59 Å². The molecule has 1 saturated heterocycles. The first kappa shape index (κ1) is 15.7. The molecule has 1 aliphatic rings. The zero-order valence-corrected chi connectivity index (χ0v) is 13.8. The zero-order valence-electron chi connectivity index (χ0n) is 13.0. The minimum atomic E-state index is -0.861. The fourth-order valence-electron chi connectivity index (χ4n) is 3.13. The number of carboxylic acids is 1. The minimum absolute atomic E-state index is 0.170. The van der Waals surface area contributed by atoms with E-state index in [1.54, 1.807) is 4.90 Å². The summed E-state index contributed by atoms with van der Waals surface area (Å²) in [6.07, 6.45) is 0. The number of aryl methyl sites for hydroxylation is 2. The molecule has 2 heterocycles. The quantitative estimate of drug-likeness (QED) is 0.939. The van der Waals surface area contributed by atoms with Crippen LogP contribution in [-0.2, 0) is 4.79 Å². The van der Waals surface area contributed by atoms with Crippen molar-refractivity contribution in [1.82, 2.24) is 9.88 Å². The Morgan fingerprint density at radius 3 is 2.48 bits per heavy atom. The highest BCUT2D eigenvalue weighted by atomic mass is 32.1. The van der Waals surface area contributed by atoms with Crippen LogP contribution < -0.4 is 0 Å². The zero-order chi connectivity index (χ0) is 16.6. The van der Waals surface area contributed by atoms with Gasteiger partial charge in [-0.25, -0.2) is 4.98 Å². The van der Waals surface area contributed by atoms with Crippen LogP contribution in [0.15, 0.2) is 30.3 Å². The monoisotopic (exact) mass is 330 g/mol. The highest BCUT2D eigenvalue weighted by molar-refractivity contribution is 7.11. The van der Waals surface area contributed by atoms with Crippen LogP contribution >= 0.6 is 11.3 Å². The van der Waals surface area contributed by atoms with Crippen molar-refractivity contribution < 1.29 is 14.7 Å². The Bertz CT molecular complexity index is 742. The molecule has 1 amide bonds. The van der Waals surface area contributed by atoms with E-state index in [4.69, 9.17) is 0 Å². The van der Waals surface area contributed by atoms with Crippen molar-refractivity contribution in [3.63, 3.8) is 0 Å². The first-order valence-corrected chi connectivity index (χ1v) is 8.30. The number of hydrogen-bond acceptors (Lipinski definition) is 4. The van der Waals surface area contributed by atoms with Crippen molar-refractivity contribution in [1.29, 1.82) is 0 Å². The van der Waals surface area contributed by atoms with Crippen LogP contribution in [0.3, 0.4) is 0 Å². The lowest BCUT2D eigenvalue weighted by Gasteiger charge is -2.16. The number of rotatable bonds is 3. The van der Waals surface area contributed by atoms with E-state index in [2.05, 4.69) is 4.98 Å². The van der Waals surface area contributed by atoms with Crippen LogP contribution in [0.2, 0.25) is 0 Å². The molecule has 0 saturated carbocycles. The van der Waals surface area contributed by atoms with E-state index in [9.17, 15) is 14.7 Å². The van der Waals surface area contributed by atoms with Crippen molar-refractivity contribution >= 4 is 23.2 Å². The van der Waals surface area contributed by atoms with Crippen molar-refractivity contribution in [2.75, 3.05) is 13.1 Å². The van der Waals surface area contributed by atoms with Gasteiger partial charge in [-0.05, 0) is 19.4 Å². The summed E-state index contributed by atoms with van der Waals surface area (Å²) >= 11 is 1.49. The normalized spacial score (nSPS) is 20.7. The van der Waals surface area contributed by atoms with Gasteiger partial charge in [-0.15, -0.1) is 11.3 Å². The largest absolute Gasteiger partial charge is 0.481 e. The van der Waals surface area contributed by atoms with Crippen LogP contribution in [0.4, 0.5) is 0 Å². The van der Waals surface area contributed by atoms with Gasteiger partial charge in [0.1, 0.15) is 5.69 Å². The molecule has 23 heavy (non-hydrogen) atoms. The van der Waals surface area contributed by atoms with Crippen molar-refractivity contribution in [3.05, 3.63) is 51.5 Å². The molecule has 0 aliphatic carbocycles. The van der Waals surface area contributed by atoms with Gasteiger partial charge in [-0.1, -0.05) is 30.3 Å². The van der Waals surface area contributed by atoms with E-state index in [-0.39, 0.29) is 18.4 Å². The third-order valence-electron chi connectivity index (χ3n) is 4.26. The average molecular weight is 330 g/mol. The minimum Gasteiger partial charge on any atom is -0.481 e. The summed E-state index contributed by atoms with van der Waals surface area (Å²) in [5.41, 5.74) is 1.41. The van der Waals surface area contributed by atoms with Gasteiger partial charge in [0.25, 0.3) is 5.91 Å². The maximum atomic E-state index is 12.7. The topological polar surface area (TPSA) is 70.5 Å². The number of carbonyl (C=O) groups excluding carboxylic acids is 1. The van der Waals surface area contributed by atoms with E-state index in [0.29, 0.717) is 12.2 Å². The predicted molar refractivity (Wildman–Crippen MR) is 87.8 cm³/mol. The van der Waals surface area contributed by atoms with Gasteiger partial charge in [0.15, 0.2) is 0 Å². The van der Waals surface area contributed by atoms with Crippen LogP contribution in [0, 0.1) is 19.8 Å². The Balaban J connectivity index is 1.87. The van der Waals surface area contributed by atoms with Crippen molar-refractivity contribution in [2.24, 2.45) is 5.92 Å². The third-order valence-corrected chi connectivity index (χ3v) is 5.14. The van der Waals surface area contributed by atoms with E-state index in [1.807, 2.05) is 44.2 Å². The number of aliphatic carboxylic acids is 1. The Kier molecular flexibility index (Phi) is 4.17. The number of hydrogen-bond donors (Lipinski definition) is 1. The maximum absolute atomic E-state index is 12.7. The second-order valence-corrected chi connectivity index (χ2v) is 7.22. The van der Waals surface area contributed by atoms with Gasteiger partial charge in [-0.2, -0.15) is 0 Å². The maximum Gasteiger partial charge on any atom is 0.308 e. The number of likely N-dealkylation sites (tertiary alicyclic amines) is 1. The van der Waals surface area contributed by atoms with Gasteiger partial charge < -0.3 is 10.0 Å². The van der Waals surface area contributed by atoms with Crippen molar-refractivity contribution in [2.45, 2.75) is 19.8 Å². The van der Waals surface area contributed by atoms with E-state index in [0.717, 1.165) is 15.4 Å². The lowest BCUT2D eigenvalue weighted by atomic mass is 9.89. The lowest BCUT2D eigenvalue weighted by Crippen LogP contribution is -2.30. The van der Waals surface area contributed by atoms with Gasteiger partial charge >= 0.3 is 5.97 Å². The van der Waals surface area contributed by atoms with E-state index < -0.39 is 11.9 Å². The highest BCUT2D eigenvalue weighted by Gasteiger charge is 2.41. The Morgan fingerprint density at radius 2 is 1.91 bits per heavy atom. The fraction of sp³-hybridized carbons (Fsp3) is 0.353. The molecule has 3 rings (SSSR count). The molecular formula is C17H18N2O3S. The van der Waals surface area contributed by atoms with Gasteiger partial charge in [0.2, 0.25) is 0 Å².